The summed E-state index contributed by atoms with van der Waals surface area (Å²) in [6.07, 6.45) is 1.19. The molecule has 1 saturated heterocycles. The fourth-order valence-electron chi connectivity index (χ4n) is 2.45. The zero-order valence-corrected chi connectivity index (χ0v) is 13.3. The van der Waals surface area contributed by atoms with E-state index in [2.05, 4.69) is 0 Å². The van der Waals surface area contributed by atoms with E-state index in [-0.39, 0.29) is 17.9 Å². The number of carbonyl (C=O) groups is 1. The van der Waals surface area contributed by atoms with Crippen molar-refractivity contribution in [3.05, 3.63) is 29.3 Å². The molecule has 0 spiro atoms. The van der Waals surface area contributed by atoms with E-state index in [1.807, 2.05) is 30.9 Å². The molecule has 0 saturated carbocycles. The van der Waals surface area contributed by atoms with Crippen LogP contribution in [0.25, 0.3) is 0 Å². The van der Waals surface area contributed by atoms with E-state index >= 15 is 0 Å². The largest absolute Gasteiger partial charge is 0.479 e. The molecule has 4 nitrogen and oxygen atoms in total. The van der Waals surface area contributed by atoms with Crippen LogP contribution < -0.4 is 10.5 Å². The molecule has 2 N–H and O–H groups in total. The Labute approximate surface area is 131 Å². The van der Waals surface area contributed by atoms with Crippen LogP contribution in [-0.4, -0.2) is 36.0 Å². The number of piperidine rings is 1. The van der Waals surface area contributed by atoms with Crippen molar-refractivity contribution >= 4 is 17.5 Å². The third-order valence-electron chi connectivity index (χ3n) is 3.79. The fraction of sp³-hybridized carbons (Fsp3) is 0.562. The Kier molecular flexibility index (Phi) is 5.48. The molecule has 5 heteroatoms. The molecule has 2 rings (SSSR count). The van der Waals surface area contributed by atoms with Crippen LogP contribution in [0, 0.1) is 5.92 Å². The molecular weight excluding hydrogens is 288 g/mol. The van der Waals surface area contributed by atoms with Crippen molar-refractivity contribution in [2.24, 2.45) is 11.7 Å². The van der Waals surface area contributed by atoms with E-state index in [1.54, 1.807) is 12.1 Å². The molecule has 1 fully saturated rings. The first kappa shape index (κ1) is 16.1. The van der Waals surface area contributed by atoms with Crippen molar-refractivity contribution in [2.75, 3.05) is 13.1 Å². The zero-order chi connectivity index (χ0) is 15.4. The van der Waals surface area contributed by atoms with Gasteiger partial charge in [0.05, 0.1) is 5.02 Å². The van der Waals surface area contributed by atoms with Crippen molar-refractivity contribution < 1.29 is 9.53 Å². The van der Waals surface area contributed by atoms with Gasteiger partial charge in [-0.05, 0) is 30.9 Å². The van der Waals surface area contributed by atoms with Crippen LogP contribution in [0.3, 0.4) is 0 Å². The highest BCUT2D eigenvalue weighted by molar-refractivity contribution is 6.32. The summed E-state index contributed by atoms with van der Waals surface area (Å²) in [6.45, 7) is 5.37. The van der Waals surface area contributed by atoms with E-state index in [0.29, 0.717) is 23.9 Å². The van der Waals surface area contributed by atoms with Crippen LogP contribution in [0.4, 0.5) is 0 Å². The van der Waals surface area contributed by atoms with Gasteiger partial charge in [0.25, 0.3) is 5.91 Å². The van der Waals surface area contributed by atoms with Crippen LogP contribution in [0.15, 0.2) is 24.3 Å². The molecule has 1 heterocycles. The summed E-state index contributed by atoms with van der Waals surface area (Å²) in [5.74, 6) is 0.654. The highest BCUT2D eigenvalue weighted by Gasteiger charge is 2.31. The Hall–Kier alpha value is -1.26. The Morgan fingerprint density at radius 1 is 1.33 bits per heavy atom. The first-order valence-corrected chi connectivity index (χ1v) is 7.82. The van der Waals surface area contributed by atoms with E-state index in [1.165, 1.54) is 0 Å². The van der Waals surface area contributed by atoms with Crippen LogP contribution in [0.5, 0.6) is 5.75 Å². The summed E-state index contributed by atoms with van der Waals surface area (Å²) in [7, 11) is 0. The normalized spacial score (nSPS) is 17.9. The molecule has 21 heavy (non-hydrogen) atoms. The van der Waals surface area contributed by atoms with Gasteiger partial charge in [0, 0.05) is 19.1 Å². The SMILES string of the molecule is CC(C)C(Oc1ccccc1Cl)C(=O)N1CCC(N)CC1. The number of rotatable bonds is 4. The number of benzene rings is 1. The third-order valence-corrected chi connectivity index (χ3v) is 4.10. The highest BCUT2D eigenvalue weighted by atomic mass is 35.5. The van der Waals surface area contributed by atoms with Gasteiger partial charge in [0.2, 0.25) is 0 Å². The lowest BCUT2D eigenvalue weighted by Gasteiger charge is -2.34. The van der Waals surface area contributed by atoms with Gasteiger partial charge < -0.3 is 15.4 Å². The molecule has 1 aromatic rings. The molecule has 0 radical (unpaired) electrons. The molecule has 0 bridgehead atoms. The lowest BCUT2D eigenvalue weighted by Crippen LogP contribution is -2.49. The second-order valence-electron chi connectivity index (χ2n) is 5.88. The van der Waals surface area contributed by atoms with Crippen LogP contribution in [-0.2, 0) is 4.79 Å². The lowest BCUT2D eigenvalue weighted by molar-refractivity contribution is -0.141. The van der Waals surface area contributed by atoms with Crippen molar-refractivity contribution in [3.8, 4) is 5.75 Å². The molecule has 116 valence electrons. The van der Waals surface area contributed by atoms with Crippen LogP contribution >= 0.6 is 11.6 Å². The molecule has 0 aromatic heterocycles. The van der Waals surface area contributed by atoms with Crippen LogP contribution in [0.2, 0.25) is 5.02 Å². The quantitative estimate of drug-likeness (QED) is 0.930. The van der Waals surface area contributed by atoms with Gasteiger partial charge in [-0.25, -0.2) is 0 Å². The number of carbonyl (C=O) groups excluding carboxylic acids is 1. The molecule has 0 aliphatic carbocycles. The minimum absolute atomic E-state index is 0.0248. The van der Waals surface area contributed by atoms with Gasteiger partial charge in [-0.1, -0.05) is 37.6 Å². The molecule has 1 atom stereocenters. The lowest BCUT2D eigenvalue weighted by atomic mass is 10.0. The van der Waals surface area contributed by atoms with E-state index in [0.717, 1.165) is 12.8 Å². The fourth-order valence-corrected chi connectivity index (χ4v) is 2.63. The average Bonchev–Trinajstić information content (AvgIpc) is 2.46. The topological polar surface area (TPSA) is 55.6 Å². The van der Waals surface area contributed by atoms with Gasteiger partial charge in [-0.3, -0.25) is 4.79 Å². The molecule has 1 amide bonds. The number of hydrogen-bond donors (Lipinski definition) is 1. The van der Waals surface area contributed by atoms with E-state index < -0.39 is 6.10 Å². The molecule has 1 unspecified atom stereocenters. The molecule has 1 aromatic carbocycles. The number of para-hydroxylation sites is 1. The van der Waals surface area contributed by atoms with E-state index in [4.69, 9.17) is 22.1 Å². The van der Waals surface area contributed by atoms with Gasteiger partial charge in [0.1, 0.15) is 5.75 Å². The number of likely N-dealkylation sites (tertiary alicyclic amines) is 1. The monoisotopic (exact) mass is 310 g/mol. The van der Waals surface area contributed by atoms with Gasteiger partial charge in [-0.2, -0.15) is 0 Å². The summed E-state index contributed by atoms with van der Waals surface area (Å²) < 4.78 is 5.89. The second kappa shape index (κ2) is 7.14. The Morgan fingerprint density at radius 3 is 2.52 bits per heavy atom. The number of hydrogen-bond acceptors (Lipinski definition) is 3. The number of amides is 1. The first-order valence-electron chi connectivity index (χ1n) is 7.44. The van der Waals surface area contributed by atoms with Crippen LogP contribution in [0.1, 0.15) is 26.7 Å². The summed E-state index contributed by atoms with van der Waals surface area (Å²) in [6, 6.07) is 7.45. The zero-order valence-electron chi connectivity index (χ0n) is 12.6. The minimum Gasteiger partial charge on any atom is -0.479 e. The minimum atomic E-state index is -0.515. The Morgan fingerprint density at radius 2 is 1.95 bits per heavy atom. The maximum absolute atomic E-state index is 12.7. The van der Waals surface area contributed by atoms with Crippen molar-refractivity contribution in [1.29, 1.82) is 0 Å². The van der Waals surface area contributed by atoms with Gasteiger partial charge in [-0.15, -0.1) is 0 Å². The molecule has 1 aliphatic heterocycles. The number of nitrogens with zero attached hydrogens (tertiary/aromatic N) is 1. The maximum atomic E-state index is 12.7. The van der Waals surface area contributed by atoms with E-state index in [9.17, 15) is 4.79 Å². The van der Waals surface area contributed by atoms with Crippen molar-refractivity contribution in [2.45, 2.75) is 38.8 Å². The first-order chi connectivity index (χ1) is 9.99. The van der Waals surface area contributed by atoms with Gasteiger partial charge in [0.15, 0.2) is 6.10 Å². The summed E-state index contributed by atoms with van der Waals surface area (Å²) in [4.78, 5) is 14.5. The summed E-state index contributed by atoms with van der Waals surface area (Å²) >= 11 is 6.12. The predicted octanol–water partition coefficient (Wildman–Crippen LogP) is 2.69. The molecule has 1 aliphatic rings. The average molecular weight is 311 g/mol. The number of ether oxygens (including phenoxy) is 1. The number of halogens is 1. The second-order valence-corrected chi connectivity index (χ2v) is 6.28. The van der Waals surface area contributed by atoms with Crippen molar-refractivity contribution in [3.63, 3.8) is 0 Å². The van der Waals surface area contributed by atoms with Gasteiger partial charge >= 0.3 is 0 Å². The Balaban J connectivity index is 2.08. The number of nitrogens with two attached hydrogens (primary N) is 1. The molecular formula is C16H23ClN2O2. The smallest absolute Gasteiger partial charge is 0.263 e. The summed E-state index contributed by atoms with van der Waals surface area (Å²) in [5, 5.41) is 0.525. The predicted molar refractivity (Wildman–Crippen MR) is 84.5 cm³/mol. The standard InChI is InChI=1S/C16H23ClN2O2/c1-11(2)15(21-14-6-4-3-5-13(14)17)16(20)19-9-7-12(18)8-10-19/h3-6,11-12,15H,7-10,18H2,1-2H3. The summed E-state index contributed by atoms with van der Waals surface area (Å²) in [5.41, 5.74) is 5.89. The third kappa shape index (κ3) is 4.11. The highest BCUT2D eigenvalue weighted by Crippen LogP contribution is 2.26. The van der Waals surface area contributed by atoms with Crippen molar-refractivity contribution in [1.82, 2.24) is 4.90 Å². The Bertz CT molecular complexity index is 485. The maximum Gasteiger partial charge on any atom is 0.263 e.